The van der Waals surface area contributed by atoms with Gasteiger partial charge in [0.05, 0.1) is 28.3 Å². The largest absolute Gasteiger partial charge is 0.494 e. The number of aromatic nitrogens is 2. The predicted octanol–water partition coefficient (Wildman–Crippen LogP) is 3.21. The number of hydrogen-bond donors (Lipinski definition) is 3. The zero-order valence-electron chi connectivity index (χ0n) is 21.3. The van der Waals surface area contributed by atoms with E-state index in [2.05, 4.69) is 10.3 Å². The van der Waals surface area contributed by atoms with Crippen LogP contribution in [0.3, 0.4) is 0 Å². The summed E-state index contributed by atoms with van der Waals surface area (Å²) in [5.41, 5.74) is 1.75. The fourth-order valence-electron chi connectivity index (χ4n) is 5.78. The van der Waals surface area contributed by atoms with Gasteiger partial charge in [-0.3, -0.25) is 4.79 Å². The molecular formula is C25H35BN4O5. The third-order valence-electron chi connectivity index (χ3n) is 8.38. The number of H-pyrrole nitrogens is 1. The molecule has 2 bridgehead atoms. The van der Waals surface area contributed by atoms with E-state index in [1.807, 2.05) is 64.6 Å². The summed E-state index contributed by atoms with van der Waals surface area (Å²) in [5, 5.41) is 11.7. The maximum atomic E-state index is 13.6. The summed E-state index contributed by atoms with van der Waals surface area (Å²) in [6.45, 7) is 11.9. The molecule has 1 aliphatic carbocycles. The minimum atomic E-state index is -1.18. The van der Waals surface area contributed by atoms with Crippen LogP contribution >= 0.6 is 0 Å². The lowest BCUT2D eigenvalue weighted by Gasteiger charge is -2.37. The number of nitrogens with zero attached hydrogens (tertiary/aromatic N) is 2. The van der Waals surface area contributed by atoms with Gasteiger partial charge in [0.25, 0.3) is 0 Å². The molecule has 9 nitrogen and oxygen atoms in total. The van der Waals surface area contributed by atoms with Gasteiger partial charge >= 0.3 is 13.2 Å². The Kier molecular flexibility index (Phi) is 5.67. The monoisotopic (exact) mass is 482 g/mol. The Hall–Kier alpha value is -2.59. The lowest BCUT2D eigenvalue weighted by molar-refractivity contribution is -0.139. The molecule has 3 heterocycles. The second kappa shape index (κ2) is 8.23. The molecule has 1 saturated carbocycles. The van der Waals surface area contributed by atoms with Crippen molar-refractivity contribution >= 4 is 35.6 Å². The Labute approximate surface area is 206 Å². The zero-order valence-corrected chi connectivity index (χ0v) is 21.3. The third kappa shape index (κ3) is 4.00. The van der Waals surface area contributed by atoms with Crippen LogP contribution in [0.15, 0.2) is 18.2 Å². The standard InChI is InChI=1S/C25H35BN4O5/c1-13(2)19(29-23(32)33)22(31)30-16-9-7-14(11-16)20(30)21-27-17-10-8-15(12-18(17)28-21)26-34-24(3,4)25(5,6)35-26/h8,10,12-14,16,19-20,29H,7,9,11H2,1-6H3,(H,27,28)(H,32,33)/t14-,16+,19-,20-/m0/s1. The van der Waals surface area contributed by atoms with Crippen molar-refractivity contribution in [2.45, 2.75) is 90.1 Å². The molecule has 2 aliphatic heterocycles. The van der Waals surface area contributed by atoms with Crippen molar-refractivity contribution in [2.24, 2.45) is 11.8 Å². The maximum Gasteiger partial charge on any atom is 0.494 e. The number of rotatable bonds is 5. The Morgan fingerprint density at radius 2 is 1.89 bits per heavy atom. The summed E-state index contributed by atoms with van der Waals surface area (Å²) >= 11 is 0. The summed E-state index contributed by atoms with van der Waals surface area (Å²) in [6.07, 6.45) is 1.72. The first-order chi connectivity index (χ1) is 16.4. The van der Waals surface area contributed by atoms with Crippen molar-refractivity contribution in [3.05, 3.63) is 24.0 Å². The molecule has 10 heteroatoms. The molecule has 3 fully saturated rings. The molecule has 1 aromatic heterocycles. The average molecular weight is 482 g/mol. The topological polar surface area (TPSA) is 117 Å². The van der Waals surface area contributed by atoms with Crippen LogP contribution in [0.1, 0.15) is 72.7 Å². The van der Waals surface area contributed by atoms with Gasteiger partial charge in [0.15, 0.2) is 0 Å². The summed E-state index contributed by atoms with van der Waals surface area (Å²) < 4.78 is 12.4. The van der Waals surface area contributed by atoms with E-state index in [4.69, 9.17) is 14.3 Å². The number of carboxylic acid groups (broad SMARTS) is 1. The molecule has 4 atom stereocenters. The van der Waals surface area contributed by atoms with Crippen molar-refractivity contribution in [3.63, 3.8) is 0 Å². The van der Waals surface area contributed by atoms with Gasteiger partial charge in [-0.15, -0.1) is 0 Å². The SMILES string of the molecule is CC(C)[C@H](NC(=O)O)C(=O)N1[C@@H]2CC[C@@H](C2)[C@H]1c1nc2ccc(B3OC(C)(C)C(C)(C)O3)cc2[nH]1. The second-order valence-electron chi connectivity index (χ2n) is 11.6. The zero-order chi connectivity index (χ0) is 25.3. The lowest BCUT2D eigenvalue weighted by atomic mass is 9.79. The quantitative estimate of drug-likeness (QED) is 0.564. The Morgan fingerprint density at radius 1 is 1.20 bits per heavy atom. The molecule has 5 rings (SSSR count). The average Bonchev–Trinajstić information content (AvgIpc) is 3.51. The highest BCUT2D eigenvalue weighted by Gasteiger charge is 2.53. The number of fused-ring (bicyclic) bond motifs is 3. The van der Waals surface area contributed by atoms with E-state index in [9.17, 15) is 14.7 Å². The summed E-state index contributed by atoms with van der Waals surface area (Å²) in [5.74, 6) is 0.739. The van der Waals surface area contributed by atoms with Crippen LogP contribution in [0.25, 0.3) is 11.0 Å². The van der Waals surface area contributed by atoms with Crippen molar-refractivity contribution in [1.29, 1.82) is 0 Å². The van der Waals surface area contributed by atoms with Gasteiger partial charge in [0.2, 0.25) is 5.91 Å². The number of piperidine rings is 1. The van der Waals surface area contributed by atoms with Gasteiger partial charge in [-0.05, 0) is 76.4 Å². The molecule has 2 aromatic rings. The molecule has 0 spiro atoms. The minimum Gasteiger partial charge on any atom is -0.465 e. The Bertz CT molecular complexity index is 1150. The number of carbonyl (C=O) groups is 2. The van der Waals surface area contributed by atoms with E-state index in [0.717, 1.165) is 41.6 Å². The minimum absolute atomic E-state index is 0.114. The van der Waals surface area contributed by atoms with E-state index in [1.54, 1.807) is 0 Å². The molecule has 35 heavy (non-hydrogen) atoms. The highest BCUT2D eigenvalue weighted by molar-refractivity contribution is 6.62. The van der Waals surface area contributed by atoms with E-state index in [1.165, 1.54) is 0 Å². The van der Waals surface area contributed by atoms with Crippen LogP contribution in [-0.4, -0.2) is 62.4 Å². The summed E-state index contributed by atoms with van der Waals surface area (Å²) in [6, 6.07) is 5.08. The van der Waals surface area contributed by atoms with Crippen molar-refractivity contribution in [2.75, 3.05) is 0 Å². The number of imidazole rings is 1. The van der Waals surface area contributed by atoms with Crippen LogP contribution in [-0.2, 0) is 14.1 Å². The van der Waals surface area contributed by atoms with Crippen molar-refractivity contribution < 1.29 is 24.0 Å². The lowest BCUT2D eigenvalue weighted by Crippen LogP contribution is -2.53. The number of hydrogen-bond acceptors (Lipinski definition) is 5. The molecule has 3 aliphatic rings. The van der Waals surface area contributed by atoms with Gasteiger partial charge in [-0.1, -0.05) is 19.9 Å². The number of nitrogens with one attached hydrogen (secondary N) is 2. The first kappa shape index (κ1) is 24.1. The third-order valence-corrected chi connectivity index (χ3v) is 8.38. The molecule has 1 aromatic carbocycles. The van der Waals surface area contributed by atoms with Gasteiger partial charge < -0.3 is 29.6 Å². The van der Waals surface area contributed by atoms with Crippen LogP contribution in [0.5, 0.6) is 0 Å². The Morgan fingerprint density at radius 3 is 2.51 bits per heavy atom. The first-order valence-electron chi connectivity index (χ1n) is 12.5. The Balaban J connectivity index is 1.45. The van der Waals surface area contributed by atoms with Crippen LogP contribution < -0.4 is 10.8 Å². The van der Waals surface area contributed by atoms with Gasteiger partial charge in [-0.25, -0.2) is 9.78 Å². The fourth-order valence-corrected chi connectivity index (χ4v) is 5.78. The molecule has 3 N–H and O–H groups in total. The highest BCUT2D eigenvalue weighted by Crippen LogP contribution is 2.50. The molecule has 188 valence electrons. The van der Waals surface area contributed by atoms with E-state index in [-0.39, 0.29) is 23.9 Å². The molecule has 2 amide bonds. The molecular weight excluding hydrogens is 447 g/mol. The van der Waals surface area contributed by atoms with Gasteiger partial charge in [-0.2, -0.15) is 0 Å². The maximum absolute atomic E-state index is 13.6. The van der Waals surface area contributed by atoms with Gasteiger partial charge in [0.1, 0.15) is 11.9 Å². The fraction of sp³-hybridized carbons (Fsp3) is 0.640. The normalized spacial score (nSPS) is 27.7. The van der Waals surface area contributed by atoms with Gasteiger partial charge in [0, 0.05) is 6.04 Å². The smallest absolute Gasteiger partial charge is 0.465 e. The molecule has 0 unspecified atom stereocenters. The van der Waals surface area contributed by atoms with Crippen LogP contribution in [0.4, 0.5) is 4.79 Å². The first-order valence-corrected chi connectivity index (χ1v) is 12.5. The highest BCUT2D eigenvalue weighted by atomic mass is 16.7. The summed E-state index contributed by atoms with van der Waals surface area (Å²) in [4.78, 5) is 35.2. The van der Waals surface area contributed by atoms with Crippen molar-refractivity contribution in [3.8, 4) is 0 Å². The van der Waals surface area contributed by atoms with Crippen molar-refractivity contribution in [1.82, 2.24) is 20.2 Å². The predicted molar refractivity (Wildman–Crippen MR) is 132 cm³/mol. The number of likely N-dealkylation sites (tertiary alicyclic amines) is 1. The molecule has 0 radical (unpaired) electrons. The second-order valence-corrected chi connectivity index (χ2v) is 11.6. The van der Waals surface area contributed by atoms with Crippen LogP contribution in [0.2, 0.25) is 0 Å². The summed E-state index contributed by atoms with van der Waals surface area (Å²) in [7, 11) is -0.467. The number of amides is 2. The molecule has 2 saturated heterocycles. The van der Waals surface area contributed by atoms with E-state index >= 15 is 0 Å². The number of aromatic amines is 1. The van der Waals surface area contributed by atoms with Crippen LogP contribution in [0, 0.1) is 11.8 Å². The van der Waals surface area contributed by atoms with E-state index < -0.39 is 30.5 Å². The number of carbonyl (C=O) groups excluding carboxylic acids is 1. The number of benzene rings is 1. The van der Waals surface area contributed by atoms with E-state index in [0.29, 0.717) is 5.92 Å².